The summed E-state index contributed by atoms with van der Waals surface area (Å²) in [4.78, 5) is 47.1. The number of nitrogens with two attached hydrogens (primary N) is 2. The highest BCUT2D eigenvalue weighted by Gasteiger charge is 2.22. The van der Waals surface area contributed by atoms with E-state index in [2.05, 4.69) is 5.32 Å². The number of carboxylic acids is 2. The molecule has 0 saturated carbocycles. The first kappa shape index (κ1) is 34.7. The molecule has 0 rings (SSSR count). The van der Waals surface area contributed by atoms with Crippen LogP contribution in [0.25, 0.3) is 0 Å². The normalized spacial score (nSPS) is 12.7. The van der Waals surface area contributed by atoms with Crippen LogP contribution in [0, 0.1) is 0 Å². The third-order valence-electron chi connectivity index (χ3n) is 5.77. The summed E-state index contributed by atoms with van der Waals surface area (Å²) in [5.74, 6) is -1.74. The molecule has 0 bridgehead atoms. The Labute approximate surface area is 224 Å². The maximum Gasteiger partial charge on any atom is 0.326 e. The predicted octanol–water partition coefficient (Wildman–Crippen LogP) is 4.12. The zero-order valence-electron chi connectivity index (χ0n) is 21.6. The molecule has 0 aliphatic rings. The molecule has 0 aromatic carbocycles. The zero-order valence-corrected chi connectivity index (χ0v) is 23.2. The van der Waals surface area contributed by atoms with E-state index < -0.39 is 23.2 Å². The van der Waals surface area contributed by atoms with Crippen LogP contribution in [0.5, 0.6) is 0 Å². The number of rotatable bonds is 26. The van der Waals surface area contributed by atoms with Crippen molar-refractivity contribution in [2.75, 3.05) is 18.8 Å². The molecule has 0 aromatic rings. The molecule has 0 saturated heterocycles. The molecule has 1 amide bonds. The summed E-state index contributed by atoms with van der Waals surface area (Å²) in [5.41, 5.74) is 10.9. The number of carboxylic acid groups (broad SMARTS) is 2. The maximum atomic E-state index is 12.1. The van der Waals surface area contributed by atoms with E-state index in [0.717, 1.165) is 57.8 Å². The van der Waals surface area contributed by atoms with Gasteiger partial charge in [-0.25, -0.2) is 4.79 Å². The molecule has 36 heavy (non-hydrogen) atoms. The smallest absolute Gasteiger partial charge is 0.326 e. The highest BCUT2D eigenvalue weighted by atomic mass is 33.1. The minimum absolute atomic E-state index is 0.172. The quantitative estimate of drug-likeness (QED) is 0.0780. The van der Waals surface area contributed by atoms with Gasteiger partial charge in [0.05, 0.1) is 0 Å². The number of aliphatic carboxylic acids is 2. The summed E-state index contributed by atoms with van der Waals surface area (Å²) in [6.07, 6.45) is 12.1. The van der Waals surface area contributed by atoms with Crippen LogP contribution >= 0.6 is 21.6 Å². The number of ketones is 1. The van der Waals surface area contributed by atoms with Crippen LogP contribution < -0.4 is 16.8 Å². The van der Waals surface area contributed by atoms with Crippen molar-refractivity contribution in [2.45, 2.75) is 114 Å². The average molecular weight is 550 g/mol. The Balaban J connectivity index is 4.10. The van der Waals surface area contributed by atoms with E-state index in [1.54, 1.807) is 0 Å². The molecule has 7 N–H and O–H groups in total. The van der Waals surface area contributed by atoms with E-state index in [1.807, 2.05) is 0 Å². The van der Waals surface area contributed by atoms with Gasteiger partial charge in [-0.2, -0.15) is 0 Å². The van der Waals surface area contributed by atoms with Crippen molar-refractivity contribution in [2.24, 2.45) is 11.5 Å². The first-order chi connectivity index (χ1) is 17.3. The van der Waals surface area contributed by atoms with Gasteiger partial charge >= 0.3 is 11.9 Å². The minimum atomic E-state index is -1.09. The third kappa shape index (κ3) is 20.8. The maximum absolute atomic E-state index is 12.1. The molecule has 9 nitrogen and oxygen atoms in total. The highest BCUT2D eigenvalue weighted by molar-refractivity contribution is 8.77. The van der Waals surface area contributed by atoms with Crippen molar-refractivity contribution in [1.82, 2.24) is 5.32 Å². The molecule has 0 spiro atoms. The van der Waals surface area contributed by atoms with Gasteiger partial charge in [0.1, 0.15) is 17.1 Å². The lowest BCUT2D eigenvalue weighted by Crippen LogP contribution is -2.41. The van der Waals surface area contributed by atoms with Gasteiger partial charge in [-0.3, -0.25) is 14.4 Å². The summed E-state index contributed by atoms with van der Waals surface area (Å²) in [6, 6.07) is -0.987. The van der Waals surface area contributed by atoms with Gasteiger partial charge in [-0.05, 0) is 58.0 Å². The zero-order chi connectivity index (χ0) is 27.0. The molecule has 0 radical (unpaired) electrons. The van der Waals surface area contributed by atoms with Gasteiger partial charge in [0.2, 0.25) is 5.91 Å². The second-order valence-corrected chi connectivity index (χ2v) is 11.7. The van der Waals surface area contributed by atoms with Crippen LogP contribution in [-0.4, -0.2) is 64.0 Å². The molecule has 0 fully saturated rings. The predicted molar refractivity (Wildman–Crippen MR) is 148 cm³/mol. The van der Waals surface area contributed by atoms with Crippen LogP contribution in [0.4, 0.5) is 0 Å². The van der Waals surface area contributed by atoms with Gasteiger partial charge in [0.15, 0.2) is 0 Å². The lowest BCUT2D eigenvalue weighted by atomic mass is 10.0. The summed E-state index contributed by atoms with van der Waals surface area (Å²) < 4.78 is 0. The molecule has 0 aromatic heterocycles. The SMILES string of the molecule is NCCCCCCCC(=O)CCCC(SSCCC(NC(=O)CCCCCCCN)C(=O)O)C(=O)O. The Morgan fingerprint density at radius 2 is 1.19 bits per heavy atom. The molecule has 210 valence electrons. The van der Waals surface area contributed by atoms with Crippen molar-refractivity contribution >= 4 is 45.2 Å². The van der Waals surface area contributed by atoms with E-state index in [1.165, 1.54) is 21.6 Å². The molecular formula is C25H47N3O6S2. The third-order valence-corrected chi connectivity index (χ3v) is 8.59. The Bertz CT molecular complexity index is 625. The van der Waals surface area contributed by atoms with Crippen molar-refractivity contribution in [1.29, 1.82) is 0 Å². The molecule has 2 unspecified atom stereocenters. The van der Waals surface area contributed by atoms with E-state index >= 15 is 0 Å². The summed E-state index contributed by atoms with van der Waals surface area (Å²) >= 11 is 0. The number of hydrogen-bond donors (Lipinski definition) is 5. The largest absolute Gasteiger partial charge is 0.480 e. The number of carbonyl (C=O) groups is 4. The van der Waals surface area contributed by atoms with Crippen molar-refractivity contribution in [3.05, 3.63) is 0 Å². The van der Waals surface area contributed by atoms with E-state index in [0.29, 0.717) is 57.4 Å². The molecule has 0 aliphatic heterocycles. The molecule has 0 aliphatic carbocycles. The van der Waals surface area contributed by atoms with Gasteiger partial charge in [-0.1, -0.05) is 60.1 Å². The van der Waals surface area contributed by atoms with E-state index in [9.17, 15) is 29.4 Å². The van der Waals surface area contributed by atoms with Crippen LogP contribution in [0.3, 0.4) is 0 Å². The van der Waals surface area contributed by atoms with Crippen molar-refractivity contribution in [3.8, 4) is 0 Å². The van der Waals surface area contributed by atoms with Gasteiger partial charge in [0, 0.05) is 25.0 Å². The Morgan fingerprint density at radius 3 is 1.75 bits per heavy atom. The van der Waals surface area contributed by atoms with Crippen LogP contribution in [0.1, 0.15) is 103 Å². The lowest BCUT2D eigenvalue weighted by molar-refractivity contribution is -0.141. The van der Waals surface area contributed by atoms with E-state index in [4.69, 9.17) is 11.5 Å². The number of nitrogens with one attached hydrogen (secondary N) is 1. The minimum Gasteiger partial charge on any atom is -0.480 e. The Morgan fingerprint density at radius 1 is 0.667 bits per heavy atom. The number of hydrogen-bond acceptors (Lipinski definition) is 8. The van der Waals surface area contributed by atoms with Gasteiger partial charge in [-0.15, -0.1) is 0 Å². The summed E-state index contributed by atoms with van der Waals surface area (Å²) in [7, 11) is 2.48. The monoisotopic (exact) mass is 549 g/mol. The first-order valence-corrected chi connectivity index (χ1v) is 15.6. The molecular weight excluding hydrogens is 502 g/mol. The summed E-state index contributed by atoms with van der Waals surface area (Å²) in [5, 5.41) is 20.8. The van der Waals surface area contributed by atoms with Crippen LogP contribution in [0.2, 0.25) is 0 Å². The van der Waals surface area contributed by atoms with Crippen molar-refractivity contribution in [3.63, 3.8) is 0 Å². The lowest BCUT2D eigenvalue weighted by Gasteiger charge is -2.15. The highest BCUT2D eigenvalue weighted by Crippen LogP contribution is 2.31. The molecule has 0 heterocycles. The fourth-order valence-corrected chi connectivity index (χ4v) is 6.14. The number of unbranched alkanes of at least 4 members (excludes halogenated alkanes) is 8. The second kappa shape index (κ2) is 24.1. The van der Waals surface area contributed by atoms with Gasteiger partial charge in [0.25, 0.3) is 0 Å². The van der Waals surface area contributed by atoms with Crippen LogP contribution in [-0.2, 0) is 19.2 Å². The molecule has 11 heteroatoms. The number of amides is 1. The van der Waals surface area contributed by atoms with Gasteiger partial charge < -0.3 is 27.0 Å². The Hall–Kier alpha value is -1.30. The standard InChI is InChI=1S/C25H47N3O6S2/c26-17-9-5-1-3-7-12-20(29)13-11-14-22(25(33)34)36-35-19-16-21(24(31)32)28-23(30)15-8-4-2-6-10-18-27/h21-22H,1-19,26-27H2,(H,28,30)(H,31,32)(H,33,34). The van der Waals surface area contributed by atoms with Crippen molar-refractivity contribution < 1.29 is 29.4 Å². The fourth-order valence-electron chi connectivity index (χ4n) is 3.60. The van der Waals surface area contributed by atoms with Crippen LogP contribution in [0.15, 0.2) is 0 Å². The second-order valence-electron chi connectivity index (χ2n) is 9.04. The Kier molecular flexibility index (Phi) is 23.2. The summed E-state index contributed by atoms with van der Waals surface area (Å²) in [6.45, 7) is 1.37. The number of carbonyl (C=O) groups excluding carboxylic acids is 2. The molecule has 2 atom stereocenters. The topological polar surface area (TPSA) is 173 Å². The fraction of sp³-hybridized carbons (Fsp3) is 0.840. The number of Topliss-reactive ketones (excluding diaryl/α,β-unsaturated/α-hetero) is 1. The average Bonchev–Trinajstić information content (AvgIpc) is 2.83. The first-order valence-electron chi connectivity index (χ1n) is 13.3. The van der Waals surface area contributed by atoms with E-state index in [-0.39, 0.29) is 18.1 Å².